The van der Waals surface area contributed by atoms with E-state index < -0.39 is 6.10 Å². The molecule has 3 heterocycles. The summed E-state index contributed by atoms with van der Waals surface area (Å²) in [7, 11) is 0. The number of hydrogen-bond acceptors (Lipinski definition) is 6. The van der Waals surface area contributed by atoms with Crippen LogP contribution < -0.4 is 5.32 Å². The van der Waals surface area contributed by atoms with Gasteiger partial charge in [-0.1, -0.05) is 23.7 Å². The minimum atomic E-state index is -0.440. The fourth-order valence-corrected chi connectivity index (χ4v) is 3.71. The summed E-state index contributed by atoms with van der Waals surface area (Å²) in [5, 5.41) is 15.1. The minimum absolute atomic E-state index is 0.175. The zero-order chi connectivity index (χ0) is 17.4. The molecule has 2 aromatic heterocycles. The Morgan fingerprint density at radius 2 is 2.20 bits per heavy atom. The first-order chi connectivity index (χ1) is 12.1. The lowest BCUT2D eigenvalue weighted by molar-refractivity contribution is 0.00567. The molecule has 2 N–H and O–H groups in total. The van der Waals surface area contributed by atoms with Gasteiger partial charge in [0.2, 0.25) is 5.95 Å². The summed E-state index contributed by atoms with van der Waals surface area (Å²) in [6.45, 7) is 1.20. The van der Waals surface area contributed by atoms with Gasteiger partial charge in [-0.05, 0) is 29.1 Å². The van der Waals surface area contributed by atoms with Gasteiger partial charge in [-0.25, -0.2) is 9.97 Å². The predicted octanol–water partition coefficient (Wildman–Crippen LogP) is 2.77. The number of likely N-dealkylation sites (tertiary alicyclic amines) is 1. The molecule has 0 unspecified atom stereocenters. The minimum Gasteiger partial charge on any atom is -0.389 e. The van der Waals surface area contributed by atoms with Crippen molar-refractivity contribution in [2.24, 2.45) is 0 Å². The third-order valence-corrected chi connectivity index (χ3v) is 5.14. The monoisotopic (exact) mass is 374 g/mol. The van der Waals surface area contributed by atoms with Gasteiger partial charge in [-0.3, -0.25) is 4.79 Å². The molecule has 25 heavy (non-hydrogen) atoms. The molecule has 3 aromatic rings. The largest absolute Gasteiger partial charge is 0.389 e. The van der Waals surface area contributed by atoms with Crippen LogP contribution in [0.1, 0.15) is 16.1 Å². The Balaban J connectivity index is 1.60. The molecule has 1 aliphatic heterocycles. The summed E-state index contributed by atoms with van der Waals surface area (Å²) in [5.74, 6) is 0.223. The fourth-order valence-electron chi connectivity index (χ4n) is 2.69. The summed E-state index contributed by atoms with van der Waals surface area (Å²) < 4.78 is 0.764. The summed E-state index contributed by atoms with van der Waals surface area (Å²) >= 11 is 7.44. The van der Waals surface area contributed by atoms with Crippen molar-refractivity contribution in [3.05, 3.63) is 52.0 Å². The van der Waals surface area contributed by atoms with Crippen molar-refractivity contribution in [1.82, 2.24) is 14.9 Å². The first-order valence-corrected chi connectivity index (χ1v) is 9.07. The van der Waals surface area contributed by atoms with E-state index in [4.69, 9.17) is 11.6 Å². The number of nitrogens with one attached hydrogen (secondary N) is 1. The van der Waals surface area contributed by atoms with E-state index in [1.807, 2.05) is 35.7 Å². The van der Waals surface area contributed by atoms with E-state index in [1.54, 1.807) is 4.90 Å². The van der Waals surface area contributed by atoms with E-state index in [9.17, 15) is 9.90 Å². The van der Waals surface area contributed by atoms with E-state index in [0.717, 1.165) is 15.8 Å². The molecule has 8 heteroatoms. The molecule has 128 valence electrons. The van der Waals surface area contributed by atoms with Crippen LogP contribution in [0, 0.1) is 0 Å². The first kappa shape index (κ1) is 16.3. The highest BCUT2D eigenvalue weighted by Gasteiger charge is 2.31. The molecule has 0 aliphatic carbocycles. The number of fused-ring (bicyclic) bond motifs is 1. The number of thiophene rings is 1. The molecule has 0 saturated carbocycles. The number of aliphatic hydroxyl groups excluding tert-OH is 1. The van der Waals surface area contributed by atoms with Crippen molar-refractivity contribution >= 4 is 45.0 Å². The Labute approximate surface area is 153 Å². The number of anilines is 1. The van der Waals surface area contributed by atoms with Gasteiger partial charge >= 0.3 is 0 Å². The van der Waals surface area contributed by atoms with Gasteiger partial charge in [-0.2, -0.15) is 0 Å². The second-order valence-corrected chi connectivity index (χ2v) is 7.23. The smallest absolute Gasteiger partial charge is 0.274 e. The maximum Gasteiger partial charge on any atom is 0.274 e. The van der Waals surface area contributed by atoms with Gasteiger partial charge in [0.25, 0.3) is 5.91 Å². The third-order valence-electron chi connectivity index (χ3n) is 4.00. The van der Waals surface area contributed by atoms with E-state index >= 15 is 0 Å². The van der Waals surface area contributed by atoms with Gasteiger partial charge in [0.15, 0.2) is 5.69 Å². The van der Waals surface area contributed by atoms with Crippen LogP contribution in [-0.2, 0) is 6.54 Å². The zero-order valence-corrected chi connectivity index (χ0v) is 14.7. The molecule has 4 rings (SSSR count). The molecule has 1 fully saturated rings. The van der Waals surface area contributed by atoms with Crippen molar-refractivity contribution in [2.45, 2.75) is 12.6 Å². The molecule has 1 aliphatic rings. The number of rotatable bonds is 4. The maximum absolute atomic E-state index is 12.6. The Kier molecular flexibility index (Phi) is 4.29. The number of halogens is 1. The molecule has 0 spiro atoms. The standard InChI is InChI=1S/C17H15ClN4O2S/c18-11-3-1-2-10(6-11)7-19-17-20-13-4-5-25-15(13)14(21-17)16(24)22-8-12(23)9-22/h1-6,12,23H,7-9H2,(H,19,20,21). The first-order valence-electron chi connectivity index (χ1n) is 7.81. The van der Waals surface area contributed by atoms with E-state index in [1.165, 1.54) is 11.3 Å². The van der Waals surface area contributed by atoms with Gasteiger partial charge in [0.1, 0.15) is 0 Å². The summed E-state index contributed by atoms with van der Waals surface area (Å²) in [6.07, 6.45) is -0.440. The van der Waals surface area contributed by atoms with Crippen molar-refractivity contribution < 1.29 is 9.90 Å². The van der Waals surface area contributed by atoms with E-state index in [2.05, 4.69) is 15.3 Å². The van der Waals surface area contributed by atoms with Crippen LogP contribution in [0.4, 0.5) is 5.95 Å². The Morgan fingerprint density at radius 3 is 2.96 bits per heavy atom. The summed E-state index contributed by atoms with van der Waals surface area (Å²) in [6, 6.07) is 9.39. The van der Waals surface area contributed by atoms with E-state index in [0.29, 0.717) is 36.3 Å². The second-order valence-electron chi connectivity index (χ2n) is 5.88. The number of benzene rings is 1. The highest BCUT2D eigenvalue weighted by molar-refractivity contribution is 7.17. The van der Waals surface area contributed by atoms with Crippen LogP contribution in [0.25, 0.3) is 10.2 Å². The Morgan fingerprint density at radius 1 is 1.36 bits per heavy atom. The van der Waals surface area contributed by atoms with Crippen LogP contribution >= 0.6 is 22.9 Å². The lowest BCUT2D eigenvalue weighted by Gasteiger charge is -2.35. The number of carbonyl (C=O) groups excluding carboxylic acids is 1. The number of aromatic nitrogens is 2. The van der Waals surface area contributed by atoms with Crippen molar-refractivity contribution in [1.29, 1.82) is 0 Å². The van der Waals surface area contributed by atoms with E-state index in [-0.39, 0.29) is 5.91 Å². The lowest BCUT2D eigenvalue weighted by atomic mass is 10.1. The van der Waals surface area contributed by atoms with Crippen LogP contribution in [0.5, 0.6) is 0 Å². The molecular weight excluding hydrogens is 360 g/mol. The fraction of sp³-hybridized carbons (Fsp3) is 0.235. The topological polar surface area (TPSA) is 78.4 Å². The number of carbonyl (C=O) groups is 1. The molecule has 1 aromatic carbocycles. The molecule has 6 nitrogen and oxygen atoms in total. The number of hydrogen-bond donors (Lipinski definition) is 2. The lowest BCUT2D eigenvalue weighted by Crippen LogP contribution is -2.53. The molecule has 0 radical (unpaired) electrons. The quantitative estimate of drug-likeness (QED) is 0.734. The Bertz CT molecular complexity index is 939. The third kappa shape index (κ3) is 3.30. The van der Waals surface area contributed by atoms with Crippen molar-refractivity contribution in [2.75, 3.05) is 18.4 Å². The second kappa shape index (κ2) is 6.59. The number of β-amino-alcohol motifs (C(OH)–C–C–N with tert-alkyl or cyclic N) is 1. The molecule has 1 saturated heterocycles. The number of nitrogens with zero attached hydrogens (tertiary/aromatic N) is 3. The molecule has 0 atom stereocenters. The SMILES string of the molecule is O=C(c1nc(NCc2cccc(Cl)c2)nc2ccsc12)N1CC(O)C1. The summed E-state index contributed by atoms with van der Waals surface area (Å²) in [4.78, 5) is 23.1. The van der Waals surface area contributed by atoms with Crippen LogP contribution in [0.15, 0.2) is 35.7 Å². The number of aliphatic hydroxyl groups is 1. The molecular formula is C17H15ClN4O2S. The zero-order valence-electron chi connectivity index (χ0n) is 13.1. The predicted molar refractivity (Wildman–Crippen MR) is 98.1 cm³/mol. The molecule has 1 amide bonds. The average molecular weight is 375 g/mol. The summed E-state index contributed by atoms with van der Waals surface area (Å²) in [5.41, 5.74) is 2.11. The van der Waals surface area contributed by atoms with Crippen LogP contribution in [0.2, 0.25) is 5.02 Å². The van der Waals surface area contributed by atoms with Gasteiger partial charge < -0.3 is 15.3 Å². The van der Waals surface area contributed by atoms with Gasteiger partial charge in [0.05, 0.1) is 16.3 Å². The number of amides is 1. The highest BCUT2D eigenvalue weighted by Crippen LogP contribution is 2.26. The van der Waals surface area contributed by atoms with Gasteiger partial charge in [-0.15, -0.1) is 11.3 Å². The normalized spacial score (nSPS) is 14.6. The van der Waals surface area contributed by atoms with Crippen molar-refractivity contribution in [3.63, 3.8) is 0 Å². The van der Waals surface area contributed by atoms with Crippen LogP contribution in [0.3, 0.4) is 0 Å². The Hall–Kier alpha value is -2.22. The maximum atomic E-state index is 12.6. The van der Waals surface area contributed by atoms with Gasteiger partial charge in [0, 0.05) is 24.7 Å². The average Bonchev–Trinajstić information content (AvgIpc) is 3.04. The highest BCUT2D eigenvalue weighted by atomic mass is 35.5. The van der Waals surface area contributed by atoms with Crippen LogP contribution in [-0.4, -0.2) is 45.1 Å². The van der Waals surface area contributed by atoms with Crippen molar-refractivity contribution in [3.8, 4) is 0 Å². The molecule has 0 bridgehead atoms.